The standard InChI is InChI=1S/C4H6O.Al.3H/c1-2-3-4-5;;;;/h2-4H,1H3;;;;. The van der Waals surface area contributed by atoms with Crippen LogP contribution in [0.25, 0.3) is 0 Å². The van der Waals surface area contributed by atoms with E-state index in [4.69, 9.17) is 0 Å². The zero-order valence-electron chi connectivity index (χ0n) is 3.14. The molecule has 0 aliphatic heterocycles. The van der Waals surface area contributed by atoms with Crippen LogP contribution in [0.1, 0.15) is 6.92 Å². The first-order valence-corrected chi connectivity index (χ1v) is 1.48. The molecule has 0 unspecified atom stereocenters. The Morgan fingerprint density at radius 3 is 2.00 bits per heavy atom. The van der Waals surface area contributed by atoms with Crippen molar-refractivity contribution in [3.63, 3.8) is 0 Å². The highest BCUT2D eigenvalue weighted by Crippen LogP contribution is 1.55. The molecular weight excluding hydrogens is 91.0 g/mol. The molecule has 0 aliphatic rings. The lowest BCUT2D eigenvalue weighted by atomic mass is 10.6. The Labute approximate surface area is 48.2 Å². The summed E-state index contributed by atoms with van der Waals surface area (Å²) in [5.41, 5.74) is 0. The number of hydrogen-bond donors (Lipinski definition) is 0. The molecule has 0 saturated carbocycles. The molecule has 0 saturated heterocycles. The normalized spacial score (nSPS) is 7.50. The van der Waals surface area contributed by atoms with E-state index in [9.17, 15) is 4.79 Å². The largest absolute Gasteiger partial charge is 0.299 e. The topological polar surface area (TPSA) is 17.1 Å². The fraction of sp³-hybridized carbons (Fsp3) is 0.250. The minimum Gasteiger partial charge on any atom is -0.299 e. The summed E-state index contributed by atoms with van der Waals surface area (Å²) in [7, 11) is 0. The number of aldehydes is 1. The van der Waals surface area contributed by atoms with Gasteiger partial charge in [-0.05, 0) is 13.0 Å². The fourth-order valence-corrected chi connectivity index (χ4v) is 0.0786. The molecule has 0 bridgehead atoms. The summed E-state index contributed by atoms with van der Waals surface area (Å²) in [5, 5.41) is 0. The number of allylic oxidation sites excluding steroid dienone is 2. The van der Waals surface area contributed by atoms with Gasteiger partial charge in [-0.3, -0.25) is 4.79 Å². The summed E-state index contributed by atoms with van der Waals surface area (Å²) in [6.07, 6.45) is 3.88. The summed E-state index contributed by atoms with van der Waals surface area (Å²) >= 11 is 0. The van der Waals surface area contributed by atoms with Gasteiger partial charge >= 0.3 is 0 Å². The van der Waals surface area contributed by atoms with Gasteiger partial charge in [-0.25, -0.2) is 0 Å². The van der Waals surface area contributed by atoms with Crippen molar-refractivity contribution >= 4 is 23.6 Å². The van der Waals surface area contributed by atoms with E-state index in [-0.39, 0.29) is 17.4 Å². The van der Waals surface area contributed by atoms with Gasteiger partial charge in [0, 0.05) is 0 Å². The smallest absolute Gasteiger partial charge is 0.187 e. The fourth-order valence-electron chi connectivity index (χ4n) is 0.0786. The summed E-state index contributed by atoms with van der Waals surface area (Å²) in [6.45, 7) is 1.80. The van der Waals surface area contributed by atoms with E-state index in [1.165, 1.54) is 6.08 Å². The molecular formula is C4H9AlO. The number of hydrogen-bond acceptors (Lipinski definition) is 1. The maximum atomic E-state index is 9.32. The minimum atomic E-state index is 0. The van der Waals surface area contributed by atoms with Crippen LogP contribution in [-0.2, 0) is 4.79 Å². The van der Waals surface area contributed by atoms with E-state index in [0.29, 0.717) is 0 Å². The van der Waals surface area contributed by atoms with E-state index in [1.54, 1.807) is 13.0 Å². The van der Waals surface area contributed by atoms with Crippen LogP contribution in [0.15, 0.2) is 12.2 Å². The van der Waals surface area contributed by atoms with Crippen molar-refractivity contribution in [1.29, 1.82) is 0 Å². The van der Waals surface area contributed by atoms with Gasteiger partial charge in [0.2, 0.25) is 0 Å². The first-order valence-electron chi connectivity index (χ1n) is 1.48. The Balaban J connectivity index is 0. The summed E-state index contributed by atoms with van der Waals surface area (Å²) in [4.78, 5) is 9.32. The van der Waals surface area contributed by atoms with Gasteiger partial charge in [0.05, 0.1) is 0 Å². The highest BCUT2D eigenvalue weighted by Gasteiger charge is 1.48. The molecule has 0 atom stereocenters. The second-order valence-electron chi connectivity index (χ2n) is 0.662. The van der Waals surface area contributed by atoms with Gasteiger partial charge in [0.15, 0.2) is 17.4 Å². The zero-order chi connectivity index (χ0) is 4.12. The molecule has 6 heavy (non-hydrogen) atoms. The van der Waals surface area contributed by atoms with Crippen LogP contribution in [0.4, 0.5) is 0 Å². The van der Waals surface area contributed by atoms with E-state index in [0.717, 1.165) is 6.29 Å². The van der Waals surface area contributed by atoms with Crippen molar-refractivity contribution < 1.29 is 4.79 Å². The molecule has 0 aromatic rings. The molecule has 0 amide bonds. The highest BCUT2D eigenvalue weighted by molar-refractivity contribution is 5.75. The first kappa shape index (κ1) is 9.34. The maximum Gasteiger partial charge on any atom is 0.187 e. The van der Waals surface area contributed by atoms with E-state index >= 15 is 0 Å². The predicted molar refractivity (Wildman–Crippen MR) is 30.8 cm³/mol. The Hall–Kier alpha value is -0.0575. The van der Waals surface area contributed by atoms with Crippen molar-refractivity contribution in [2.45, 2.75) is 6.92 Å². The quantitative estimate of drug-likeness (QED) is 0.248. The van der Waals surface area contributed by atoms with Crippen LogP contribution in [-0.4, -0.2) is 23.6 Å². The molecule has 0 aromatic carbocycles. The molecule has 1 nitrogen and oxygen atoms in total. The highest BCUT2D eigenvalue weighted by atomic mass is 27.0. The van der Waals surface area contributed by atoms with Gasteiger partial charge in [0.25, 0.3) is 0 Å². The molecule has 0 rings (SSSR count). The SMILES string of the molecule is CC=CC=O.[AlH3]. The van der Waals surface area contributed by atoms with Crippen LogP contribution >= 0.6 is 0 Å². The van der Waals surface area contributed by atoms with Gasteiger partial charge in [0.1, 0.15) is 6.29 Å². The van der Waals surface area contributed by atoms with E-state index in [1.807, 2.05) is 0 Å². The zero-order valence-corrected chi connectivity index (χ0v) is 3.14. The summed E-state index contributed by atoms with van der Waals surface area (Å²) in [6, 6.07) is 0. The third-order valence-electron chi connectivity index (χ3n) is 0.271. The number of carbonyl (C=O) groups excluding carboxylic acids is 1. The Kier molecular flexibility index (Phi) is 13.8. The van der Waals surface area contributed by atoms with Gasteiger partial charge in [-0.15, -0.1) is 0 Å². The Morgan fingerprint density at radius 2 is 2.00 bits per heavy atom. The van der Waals surface area contributed by atoms with Crippen molar-refractivity contribution in [2.75, 3.05) is 0 Å². The first-order chi connectivity index (χ1) is 2.41. The third-order valence-corrected chi connectivity index (χ3v) is 0.271. The Morgan fingerprint density at radius 1 is 1.50 bits per heavy atom. The molecule has 34 valence electrons. The van der Waals surface area contributed by atoms with E-state index < -0.39 is 0 Å². The summed E-state index contributed by atoms with van der Waals surface area (Å²) < 4.78 is 0. The van der Waals surface area contributed by atoms with Crippen LogP contribution in [0.5, 0.6) is 0 Å². The van der Waals surface area contributed by atoms with Crippen molar-refractivity contribution in [1.82, 2.24) is 0 Å². The number of carbonyl (C=O) groups is 1. The summed E-state index contributed by atoms with van der Waals surface area (Å²) in [5.74, 6) is 0. The third kappa shape index (κ3) is 9.05. The van der Waals surface area contributed by atoms with Crippen molar-refractivity contribution in [3.05, 3.63) is 12.2 Å². The molecule has 0 radical (unpaired) electrons. The molecule has 0 fully saturated rings. The van der Waals surface area contributed by atoms with Crippen molar-refractivity contribution in [2.24, 2.45) is 0 Å². The van der Waals surface area contributed by atoms with Crippen molar-refractivity contribution in [3.8, 4) is 0 Å². The number of rotatable bonds is 1. The predicted octanol–water partition coefficient (Wildman–Crippen LogP) is -0.422. The van der Waals surface area contributed by atoms with Crippen LogP contribution in [0, 0.1) is 0 Å². The van der Waals surface area contributed by atoms with Gasteiger partial charge < -0.3 is 0 Å². The van der Waals surface area contributed by atoms with Gasteiger partial charge in [-0.1, -0.05) is 6.08 Å². The van der Waals surface area contributed by atoms with E-state index in [2.05, 4.69) is 0 Å². The lowest BCUT2D eigenvalue weighted by Gasteiger charge is -1.51. The second-order valence-corrected chi connectivity index (χ2v) is 0.662. The molecule has 0 spiro atoms. The van der Waals surface area contributed by atoms with Gasteiger partial charge in [-0.2, -0.15) is 0 Å². The lowest BCUT2D eigenvalue weighted by Crippen LogP contribution is -1.50. The second kappa shape index (κ2) is 8.87. The lowest BCUT2D eigenvalue weighted by molar-refractivity contribution is -0.104. The van der Waals surface area contributed by atoms with Crippen LogP contribution < -0.4 is 0 Å². The molecule has 0 heterocycles. The molecule has 2 heteroatoms. The Bertz CT molecular complexity index is 49.5. The molecule has 0 aromatic heterocycles. The van der Waals surface area contributed by atoms with Crippen LogP contribution in [0.3, 0.4) is 0 Å². The minimum absolute atomic E-state index is 0. The average Bonchev–Trinajstić information content (AvgIpc) is 1.41. The maximum absolute atomic E-state index is 9.32. The monoisotopic (exact) mass is 100 g/mol. The average molecular weight is 100 g/mol. The molecule has 0 N–H and O–H groups in total. The molecule has 0 aliphatic carbocycles. The van der Waals surface area contributed by atoms with Crippen LogP contribution in [0.2, 0.25) is 0 Å².